The van der Waals surface area contributed by atoms with Crippen molar-refractivity contribution in [3.63, 3.8) is 0 Å². The summed E-state index contributed by atoms with van der Waals surface area (Å²) in [6, 6.07) is 5.46. The standard InChI is InChI=1S/C10H15NO/c1-7-4-5-9(12)8(6-7)10(2,3)11/h4-6,12H,11H2,1-3H3. The predicted molar refractivity (Wildman–Crippen MR) is 50.1 cm³/mol. The van der Waals surface area contributed by atoms with Crippen LogP contribution in [0.1, 0.15) is 25.0 Å². The van der Waals surface area contributed by atoms with E-state index < -0.39 is 5.54 Å². The average Bonchev–Trinajstić information content (AvgIpc) is 1.92. The number of benzene rings is 1. The van der Waals surface area contributed by atoms with Crippen LogP contribution in [0.2, 0.25) is 0 Å². The molecule has 0 heterocycles. The van der Waals surface area contributed by atoms with Crippen molar-refractivity contribution in [2.75, 3.05) is 0 Å². The number of aryl methyl sites for hydroxylation is 1. The molecule has 1 rings (SSSR count). The van der Waals surface area contributed by atoms with Crippen LogP contribution in [0.4, 0.5) is 0 Å². The van der Waals surface area contributed by atoms with Crippen LogP contribution in [0.3, 0.4) is 0 Å². The third-order valence-electron chi connectivity index (χ3n) is 1.85. The van der Waals surface area contributed by atoms with Crippen LogP contribution in [-0.4, -0.2) is 5.11 Å². The molecule has 1 aromatic carbocycles. The minimum Gasteiger partial charge on any atom is -0.508 e. The summed E-state index contributed by atoms with van der Waals surface area (Å²) in [5, 5.41) is 9.49. The maximum atomic E-state index is 9.49. The van der Waals surface area contributed by atoms with Crippen molar-refractivity contribution < 1.29 is 5.11 Å². The highest BCUT2D eigenvalue weighted by molar-refractivity contribution is 5.39. The molecule has 0 fully saturated rings. The molecule has 0 aliphatic rings. The molecule has 0 spiro atoms. The van der Waals surface area contributed by atoms with Gasteiger partial charge in [-0.25, -0.2) is 0 Å². The Labute approximate surface area is 73.0 Å². The minimum atomic E-state index is -0.476. The number of hydrogen-bond donors (Lipinski definition) is 2. The van der Waals surface area contributed by atoms with E-state index in [1.54, 1.807) is 6.07 Å². The van der Waals surface area contributed by atoms with Gasteiger partial charge in [-0.2, -0.15) is 0 Å². The lowest BCUT2D eigenvalue weighted by Crippen LogP contribution is -2.28. The second-order valence-corrected chi connectivity index (χ2v) is 3.74. The fraction of sp³-hybridized carbons (Fsp3) is 0.400. The number of rotatable bonds is 1. The summed E-state index contributed by atoms with van der Waals surface area (Å²) in [5.74, 6) is 0.271. The van der Waals surface area contributed by atoms with Gasteiger partial charge in [-0.3, -0.25) is 0 Å². The number of nitrogens with two attached hydrogens (primary N) is 1. The van der Waals surface area contributed by atoms with Gasteiger partial charge in [0.25, 0.3) is 0 Å². The molecule has 3 N–H and O–H groups in total. The molecule has 66 valence electrons. The lowest BCUT2D eigenvalue weighted by atomic mass is 9.93. The van der Waals surface area contributed by atoms with E-state index in [1.165, 1.54) is 0 Å². The third kappa shape index (κ3) is 1.77. The first-order valence-electron chi connectivity index (χ1n) is 4.00. The first-order chi connectivity index (χ1) is 5.41. The molecule has 0 aliphatic carbocycles. The molecule has 0 aliphatic heterocycles. The summed E-state index contributed by atoms with van der Waals surface area (Å²) in [4.78, 5) is 0. The largest absolute Gasteiger partial charge is 0.508 e. The Bertz CT molecular complexity index is 286. The first-order valence-corrected chi connectivity index (χ1v) is 4.00. The zero-order chi connectivity index (χ0) is 9.35. The summed E-state index contributed by atoms with van der Waals surface area (Å²) in [7, 11) is 0. The van der Waals surface area contributed by atoms with Gasteiger partial charge in [0, 0.05) is 11.1 Å². The number of aromatic hydroxyl groups is 1. The molecule has 2 nitrogen and oxygen atoms in total. The fourth-order valence-corrected chi connectivity index (χ4v) is 1.17. The topological polar surface area (TPSA) is 46.2 Å². The van der Waals surface area contributed by atoms with E-state index in [2.05, 4.69) is 0 Å². The average molecular weight is 165 g/mol. The molecular weight excluding hydrogens is 150 g/mol. The zero-order valence-electron chi connectivity index (χ0n) is 7.76. The summed E-state index contributed by atoms with van der Waals surface area (Å²) >= 11 is 0. The molecule has 0 unspecified atom stereocenters. The highest BCUT2D eigenvalue weighted by atomic mass is 16.3. The first kappa shape index (κ1) is 9.07. The van der Waals surface area contributed by atoms with Gasteiger partial charge in [0.15, 0.2) is 0 Å². The molecule has 0 saturated heterocycles. The van der Waals surface area contributed by atoms with E-state index in [0.717, 1.165) is 11.1 Å². The molecular formula is C10H15NO. The van der Waals surface area contributed by atoms with Gasteiger partial charge in [0.1, 0.15) is 5.75 Å². The van der Waals surface area contributed by atoms with Crippen molar-refractivity contribution in [3.8, 4) is 5.75 Å². The van der Waals surface area contributed by atoms with E-state index >= 15 is 0 Å². The van der Waals surface area contributed by atoms with Crippen molar-refractivity contribution in [1.82, 2.24) is 0 Å². The smallest absolute Gasteiger partial charge is 0.120 e. The maximum absolute atomic E-state index is 9.49. The van der Waals surface area contributed by atoms with Crippen LogP contribution in [0.15, 0.2) is 18.2 Å². The zero-order valence-corrected chi connectivity index (χ0v) is 7.76. The lowest BCUT2D eigenvalue weighted by molar-refractivity contribution is 0.440. The predicted octanol–water partition coefficient (Wildman–Crippen LogP) is 1.89. The Morgan fingerprint density at radius 1 is 1.33 bits per heavy atom. The summed E-state index contributed by atoms with van der Waals surface area (Å²) in [5.41, 5.74) is 7.30. The molecule has 1 aromatic rings. The van der Waals surface area contributed by atoms with Crippen LogP contribution < -0.4 is 5.73 Å². The van der Waals surface area contributed by atoms with Gasteiger partial charge in [-0.05, 0) is 26.8 Å². The van der Waals surface area contributed by atoms with E-state index in [0.29, 0.717) is 0 Å². The highest BCUT2D eigenvalue weighted by Crippen LogP contribution is 2.27. The molecule has 0 radical (unpaired) electrons. The quantitative estimate of drug-likeness (QED) is 0.667. The number of phenols is 1. The summed E-state index contributed by atoms with van der Waals surface area (Å²) in [6.45, 7) is 5.73. The van der Waals surface area contributed by atoms with E-state index in [-0.39, 0.29) is 5.75 Å². The molecule has 0 bridgehead atoms. The van der Waals surface area contributed by atoms with Crippen LogP contribution in [0.25, 0.3) is 0 Å². The van der Waals surface area contributed by atoms with E-state index in [1.807, 2.05) is 32.9 Å². The SMILES string of the molecule is Cc1ccc(O)c(C(C)(C)N)c1. The van der Waals surface area contributed by atoms with Crippen LogP contribution >= 0.6 is 0 Å². The van der Waals surface area contributed by atoms with E-state index in [9.17, 15) is 5.11 Å². The van der Waals surface area contributed by atoms with Crippen molar-refractivity contribution in [2.24, 2.45) is 5.73 Å². The van der Waals surface area contributed by atoms with Crippen LogP contribution in [0, 0.1) is 6.92 Å². The van der Waals surface area contributed by atoms with Gasteiger partial charge in [-0.15, -0.1) is 0 Å². The molecule has 12 heavy (non-hydrogen) atoms. The fourth-order valence-electron chi connectivity index (χ4n) is 1.17. The Hall–Kier alpha value is -1.02. The van der Waals surface area contributed by atoms with Crippen LogP contribution in [0.5, 0.6) is 5.75 Å². The highest BCUT2D eigenvalue weighted by Gasteiger charge is 2.17. The molecule has 0 amide bonds. The second kappa shape index (κ2) is 2.79. The summed E-state index contributed by atoms with van der Waals surface area (Å²) in [6.07, 6.45) is 0. The van der Waals surface area contributed by atoms with E-state index in [4.69, 9.17) is 5.73 Å². The molecule has 2 heteroatoms. The Morgan fingerprint density at radius 2 is 1.92 bits per heavy atom. The van der Waals surface area contributed by atoms with Gasteiger partial charge in [-0.1, -0.05) is 17.7 Å². The molecule has 0 atom stereocenters. The lowest BCUT2D eigenvalue weighted by Gasteiger charge is -2.20. The number of hydrogen-bond acceptors (Lipinski definition) is 2. The van der Waals surface area contributed by atoms with Gasteiger partial charge < -0.3 is 10.8 Å². The van der Waals surface area contributed by atoms with Crippen molar-refractivity contribution in [3.05, 3.63) is 29.3 Å². The molecule has 0 aromatic heterocycles. The van der Waals surface area contributed by atoms with Gasteiger partial charge in [0.05, 0.1) is 0 Å². The monoisotopic (exact) mass is 165 g/mol. The Morgan fingerprint density at radius 3 is 2.33 bits per heavy atom. The van der Waals surface area contributed by atoms with Gasteiger partial charge in [0.2, 0.25) is 0 Å². The minimum absolute atomic E-state index is 0.271. The summed E-state index contributed by atoms with van der Waals surface area (Å²) < 4.78 is 0. The maximum Gasteiger partial charge on any atom is 0.120 e. The van der Waals surface area contributed by atoms with Crippen molar-refractivity contribution in [1.29, 1.82) is 0 Å². The van der Waals surface area contributed by atoms with Crippen molar-refractivity contribution in [2.45, 2.75) is 26.3 Å². The van der Waals surface area contributed by atoms with Crippen molar-refractivity contribution >= 4 is 0 Å². The third-order valence-corrected chi connectivity index (χ3v) is 1.85. The van der Waals surface area contributed by atoms with Crippen LogP contribution in [-0.2, 0) is 5.54 Å². The number of phenolic OH excluding ortho intramolecular Hbond substituents is 1. The normalized spacial score (nSPS) is 11.7. The Balaban J connectivity index is 3.23. The second-order valence-electron chi connectivity index (χ2n) is 3.74. The Kier molecular flexibility index (Phi) is 2.11. The van der Waals surface area contributed by atoms with Gasteiger partial charge >= 0.3 is 0 Å². The molecule has 0 saturated carbocycles.